The maximum Gasteiger partial charge on any atom is 0.298 e. The molecule has 0 heterocycles. The van der Waals surface area contributed by atoms with Crippen molar-refractivity contribution in [1.29, 1.82) is 0 Å². The zero-order valence-electron chi connectivity index (χ0n) is 12.2. The van der Waals surface area contributed by atoms with E-state index in [2.05, 4.69) is 0 Å². The van der Waals surface area contributed by atoms with E-state index in [9.17, 15) is 18.1 Å². The molecule has 0 aliphatic heterocycles. The molecule has 0 radical (unpaired) electrons. The Morgan fingerprint density at radius 1 is 1.20 bits per heavy atom. The lowest BCUT2D eigenvalue weighted by Gasteiger charge is -2.22. The molecule has 20 heavy (non-hydrogen) atoms. The van der Waals surface area contributed by atoms with Gasteiger partial charge in [0.05, 0.1) is 14.2 Å². The molecule has 0 aromatic heterocycles. The number of phenols is 1. The van der Waals surface area contributed by atoms with Gasteiger partial charge in [0.15, 0.2) is 11.5 Å². The smallest absolute Gasteiger partial charge is 0.298 e. The Kier molecular flexibility index (Phi) is 4.88. The third-order valence-corrected chi connectivity index (χ3v) is 4.41. The van der Waals surface area contributed by atoms with Gasteiger partial charge >= 0.3 is 0 Å². The minimum atomic E-state index is -4.57. The summed E-state index contributed by atoms with van der Waals surface area (Å²) in [5, 5.41) is 10.1. The molecular formula is C13H20O6S. The Labute approximate surface area is 119 Å². The largest absolute Gasteiger partial charge is 0.503 e. The molecule has 0 saturated carbocycles. The van der Waals surface area contributed by atoms with Crippen molar-refractivity contribution in [3.63, 3.8) is 0 Å². The van der Waals surface area contributed by atoms with Crippen molar-refractivity contribution >= 4 is 10.1 Å². The molecular weight excluding hydrogens is 284 g/mol. The molecule has 7 heteroatoms. The number of phenolic OH excluding ortho intramolecular Hbond substituents is 1. The Morgan fingerprint density at radius 2 is 1.70 bits per heavy atom. The van der Waals surface area contributed by atoms with E-state index in [0.29, 0.717) is 5.56 Å². The Morgan fingerprint density at radius 3 is 2.05 bits per heavy atom. The number of hydrogen-bond donors (Lipinski definition) is 2. The summed E-state index contributed by atoms with van der Waals surface area (Å²) < 4.78 is 42.6. The molecule has 0 amide bonds. The average molecular weight is 304 g/mol. The van der Waals surface area contributed by atoms with Gasteiger partial charge in [0.2, 0.25) is 5.75 Å². The van der Waals surface area contributed by atoms with Crippen molar-refractivity contribution < 1.29 is 27.6 Å². The van der Waals surface area contributed by atoms with Crippen molar-refractivity contribution in [2.24, 2.45) is 0 Å². The third kappa shape index (κ3) is 2.69. The van der Waals surface area contributed by atoms with Crippen LogP contribution in [0, 0.1) is 6.92 Å². The van der Waals surface area contributed by atoms with Gasteiger partial charge in [-0.2, -0.15) is 8.42 Å². The fourth-order valence-electron chi connectivity index (χ4n) is 2.31. The normalized spacial score (nSPS) is 13.1. The van der Waals surface area contributed by atoms with Crippen molar-refractivity contribution in [3.8, 4) is 17.2 Å². The topological polar surface area (TPSA) is 93.1 Å². The van der Waals surface area contributed by atoms with Gasteiger partial charge in [-0.15, -0.1) is 0 Å². The zero-order chi connectivity index (χ0) is 15.7. The summed E-state index contributed by atoms with van der Waals surface area (Å²) in [6.45, 7) is 5.36. The standard InChI is InChI=1S/C13H20O6S/c1-6-7(2)9-8(3)13(20(15,16)17)10(14)12(19-5)11(9)18-4/h7,14H,6H2,1-5H3,(H,15,16,17). The second-order valence-corrected chi connectivity index (χ2v) is 5.93. The summed E-state index contributed by atoms with van der Waals surface area (Å²) in [6, 6.07) is 0. The molecule has 1 aromatic rings. The molecule has 0 fully saturated rings. The summed E-state index contributed by atoms with van der Waals surface area (Å²) in [5.74, 6) is -0.485. The van der Waals surface area contributed by atoms with Gasteiger partial charge in [0.25, 0.3) is 10.1 Å². The highest BCUT2D eigenvalue weighted by atomic mass is 32.2. The molecule has 0 aliphatic rings. The van der Waals surface area contributed by atoms with E-state index in [1.54, 1.807) is 0 Å². The predicted molar refractivity (Wildman–Crippen MR) is 74.5 cm³/mol. The fourth-order valence-corrected chi connectivity index (χ4v) is 3.14. The van der Waals surface area contributed by atoms with Gasteiger partial charge < -0.3 is 14.6 Å². The number of rotatable bonds is 5. The molecule has 1 unspecified atom stereocenters. The molecule has 1 rings (SSSR count). The molecule has 0 spiro atoms. The lowest BCUT2D eigenvalue weighted by Crippen LogP contribution is -2.09. The highest BCUT2D eigenvalue weighted by Gasteiger charge is 2.31. The highest BCUT2D eigenvalue weighted by molar-refractivity contribution is 7.86. The van der Waals surface area contributed by atoms with Crippen LogP contribution in [0.1, 0.15) is 37.3 Å². The minimum absolute atomic E-state index is 0.0278. The summed E-state index contributed by atoms with van der Waals surface area (Å²) in [5.41, 5.74) is 0.856. The zero-order valence-corrected chi connectivity index (χ0v) is 13.0. The summed E-state index contributed by atoms with van der Waals surface area (Å²) >= 11 is 0. The Hall–Kier alpha value is -1.47. The lowest BCUT2D eigenvalue weighted by atomic mass is 9.92. The van der Waals surface area contributed by atoms with Crippen LogP contribution < -0.4 is 9.47 Å². The SMILES string of the molecule is CCC(C)c1c(C)c(S(=O)(=O)O)c(O)c(OC)c1OC. The van der Waals surface area contributed by atoms with Crippen molar-refractivity contribution in [2.45, 2.75) is 38.0 Å². The van der Waals surface area contributed by atoms with Crippen LogP contribution in [0.25, 0.3) is 0 Å². The van der Waals surface area contributed by atoms with Crippen molar-refractivity contribution in [1.82, 2.24) is 0 Å². The fraction of sp³-hybridized carbons (Fsp3) is 0.538. The first-order valence-corrected chi connectivity index (χ1v) is 7.59. The average Bonchev–Trinajstić information content (AvgIpc) is 2.35. The second-order valence-electron chi connectivity index (χ2n) is 4.57. The molecule has 1 aromatic carbocycles. The number of benzene rings is 1. The van der Waals surface area contributed by atoms with E-state index in [4.69, 9.17) is 9.47 Å². The van der Waals surface area contributed by atoms with Crippen molar-refractivity contribution in [2.75, 3.05) is 14.2 Å². The summed E-state index contributed by atoms with van der Waals surface area (Å²) in [7, 11) is -1.87. The molecule has 1 atom stereocenters. The van der Waals surface area contributed by atoms with Crippen LogP contribution in [-0.4, -0.2) is 32.3 Å². The molecule has 0 bridgehead atoms. The maximum absolute atomic E-state index is 11.5. The summed E-state index contributed by atoms with van der Waals surface area (Å²) in [4.78, 5) is -0.537. The van der Waals surface area contributed by atoms with E-state index in [0.717, 1.165) is 6.42 Å². The van der Waals surface area contributed by atoms with Gasteiger partial charge in [-0.1, -0.05) is 13.8 Å². The van der Waals surface area contributed by atoms with Gasteiger partial charge in [-0.05, 0) is 24.8 Å². The van der Waals surface area contributed by atoms with Crippen LogP contribution >= 0.6 is 0 Å². The molecule has 114 valence electrons. The Bertz CT molecular complexity index is 606. The third-order valence-electron chi connectivity index (χ3n) is 3.40. The molecule has 2 N–H and O–H groups in total. The molecule has 0 saturated heterocycles. The van der Waals surface area contributed by atoms with Crippen LogP contribution in [0.2, 0.25) is 0 Å². The van der Waals surface area contributed by atoms with Crippen molar-refractivity contribution in [3.05, 3.63) is 11.1 Å². The maximum atomic E-state index is 11.5. The van der Waals surface area contributed by atoms with Gasteiger partial charge in [0, 0.05) is 5.56 Å². The van der Waals surface area contributed by atoms with Crippen LogP contribution in [0.15, 0.2) is 4.90 Å². The second kappa shape index (κ2) is 5.88. The van der Waals surface area contributed by atoms with E-state index in [1.807, 2.05) is 13.8 Å². The minimum Gasteiger partial charge on any atom is -0.503 e. The quantitative estimate of drug-likeness (QED) is 0.812. The van der Waals surface area contributed by atoms with Crippen LogP contribution in [0.3, 0.4) is 0 Å². The van der Waals surface area contributed by atoms with E-state index < -0.39 is 20.8 Å². The van der Waals surface area contributed by atoms with Gasteiger partial charge in [0.1, 0.15) is 4.90 Å². The van der Waals surface area contributed by atoms with E-state index in [-0.39, 0.29) is 23.0 Å². The highest BCUT2D eigenvalue weighted by Crippen LogP contribution is 2.49. The Balaban J connectivity index is 3.93. The number of aromatic hydroxyl groups is 1. The number of methoxy groups -OCH3 is 2. The summed E-state index contributed by atoms with van der Waals surface area (Å²) in [6.07, 6.45) is 0.732. The molecule has 6 nitrogen and oxygen atoms in total. The van der Waals surface area contributed by atoms with Gasteiger partial charge in [-0.25, -0.2) is 0 Å². The first-order valence-electron chi connectivity index (χ1n) is 6.15. The van der Waals surface area contributed by atoms with Gasteiger partial charge in [-0.3, -0.25) is 4.55 Å². The first-order chi connectivity index (χ1) is 9.20. The van der Waals surface area contributed by atoms with Crippen LogP contribution in [0.5, 0.6) is 17.2 Å². The first kappa shape index (κ1) is 16.6. The van der Waals surface area contributed by atoms with E-state index >= 15 is 0 Å². The number of ether oxygens (including phenoxy) is 2. The predicted octanol–water partition coefficient (Wildman–Crippen LogP) is 2.48. The monoisotopic (exact) mass is 304 g/mol. The lowest BCUT2D eigenvalue weighted by molar-refractivity contribution is 0.322. The van der Waals surface area contributed by atoms with Crippen LogP contribution in [0.4, 0.5) is 0 Å². The van der Waals surface area contributed by atoms with E-state index in [1.165, 1.54) is 21.1 Å². The number of hydrogen-bond acceptors (Lipinski definition) is 5. The van der Waals surface area contributed by atoms with Crippen LogP contribution in [-0.2, 0) is 10.1 Å². The molecule has 0 aliphatic carbocycles.